The van der Waals surface area contributed by atoms with Crippen molar-refractivity contribution in [2.45, 2.75) is 140 Å². The number of nitrogens with zero attached hydrogens (tertiary/aromatic N) is 3. The number of fused-ring (bicyclic) bond motifs is 1. The zero-order valence-electron chi connectivity index (χ0n) is 38.1. The number of nitrogens with one attached hydrogen (secondary N) is 1. The first kappa shape index (κ1) is 56.1. The predicted molar refractivity (Wildman–Crippen MR) is 250 cm³/mol. The molecule has 6 rings (SSSR count). The van der Waals surface area contributed by atoms with E-state index in [2.05, 4.69) is 113 Å². The van der Waals surface area contributed by atoms with Crippen LogP contribution in [0.25, 0.3) is 39.7 Å². The maximum Gasteiger partial charge on any atom is 1.00 e. The predicted octanol–water partition coefficient (Wildman–Crippen LogP) is 11.7. The van der Waals surface area contributed by atoms with Gasteiger partial charge >= 0.3 is 29.6 Å². The van der Waals surface area contributed by atoms with Crippen LogP contribution in [-0.2, 0) is 19.3 Å². The van der Waals surface area contributed by atoms with Gasteiger partial charge in [-0.3, -0.25) is 16.5 Å². The Bertz CT molecular complexity index is 1750. The first-order valence-corrected chi connectivity index (χ1v) is 21.5. The van der Waals surface area contributed by atoms with Crippen molar-refractivity contribution >= 4 is 17.7 Å². The molecule has 4 aromatic rings. The van der Waals surface area contributed by atoms with E-state index in [9.17, 15) is 0 Å². The summed E-state index contributed by atoms with van der Waals surface area (Å²) < 4.78 is 0. The summed E-state index contributed by atoms with van der Waals surface area (Å²) in [6.07, 6.45) is 22.1. The molecule has 2 aromatic carbocycles. The molecule has 1 unspecified atom stereocenters. The molecular formula is C51H73ClN4Na-. The molecule has 306 valence electrons. The minimum Gasteiger partial charge on any atom is -0.506 e. The standard InChI is InChI=1S/C32H32ClN3.C7H12.C3H7N.C3H4.3C2H6.Na/c1-6-22-23(11-9-12-24(22)29-17-21-16-15-19(4)31(21)20(5)35-29)25-13-10-14-26(32(25)33)30-18-34-27(7-2)28(8-3)36-30;1-3-5-7-6-4-2;1-2-4-3-1;1-3-2;3*1-2;/h6,9-14,17-19H,1,7-8,15-16H2,2-5H3;6H,1,4-5,7H2,2H3;4H,1-3H2;1H,2H3;3*1-2H3;/q;-2;;;;;;+1. The number of terminal acetylenes is 1. The van der Waals surface area contributed by atoms with Crippen LogP contribution in [0.2, 0.25) is 5.02 Å². The van der Waals surface area contributed by atoms with Gasteiger partial charge in [0.05, 0.1) is 34.0 Å². The second kappa shape index (κ2) is 33.9. The minimum absolute atomic E-state index is 0. The van der Waals surface area contributed by atoms with Gasteiger partial charge in [-0.25, -0.2) is 17.8 Å². The Morgan fingerprint density at radius 3 is 1.98 bits per heavy atom. The summed E-state index contributed by atoms with van der Waals surface area (Å²) in [6.45, 7) is 34.6. The maximum atomic E-state index is 7.07. The number of aromatic nitrogens is 3. The molecule has 1 fully saturated rings. The Kier molecular flexibility index (Phi) is 33.3. The van der Waals surface area contributed by atoms with Crippen LogP contribution in [0.1, 0.15) is 148 Å². The molecule has 1 saturated heterocycles. The Morgan fingerprint density at radius 2 is 1.47 bits per heavy atom. The van der Waals surface area contributed by atoms with Crippen molar-refractivity contribution in [2.24, 2.45) is 0 Å². The molecule has 57 heavy (non-hydrogen) atoms. The summed E-state index contributed by atoms with van der Waals surface area (Å²) in [5, 5.41) is 3.78. The number of rotatable bonds is 10. The quantitative estimate of drug-likeness (QED) is 0.0751. The molecule has 0 saturated carbocycles. The molecule has 2 aliphatic rings. The van der Waals surface area contributed by atoms with Crippen molar-refractivity contribution in [3.05, 3.63) is 113 Å². The summed E-state index contributed by atoms with van der Waals surface area (Å²) in [7, 11) is 0. The van der Waals surface area contributed by atoms with Crippen molar-refractivity contribution in [1.29, 1.82) is 0 Å². The molecule has 1 aliphatic carbocycles. The van der Waals surface area contributed by atoms with Crippen LogP contribution in [0.4, 0.5) is 0 Å². The third-order valence-corrected chi connectivity index (χ3v) is 9.35. The van der Waals surface area contributed by atoms with Crippen LogP contribution >= 0.6 is 11.6 Å². The smallest absolute Gasteiger partial charge is 0.506 e. The summed E-state index contributed by atoms with van der Waals surface area (Å²) in [5.41, 5.74) is 12.8. The summed E-state index contributed by atoms with van der Waals surface area (Å²) >= 11 is 7.07. The van der Waals surface area contributed by atoms with Gasteiger partial charge in [0.1, 0.15) is 0 Å². The Morgan fingerprint density at radius 1 is 0.930 bits per heavy atom. The van der Waals surface area contributed by atoms with Crippen molar-refractivity contribution in [1.82, 2.24) is 20.3 Å². The van der Waals surface area contributed by atoms with Crippen LogP contribution in [0.15, 0.2) is 61.8 Å². The van der Waals surface area contributed by atoms with Gasteiger partial charge in [0, 0.05) is 22.4 Å². The first-order chi connectivity index (χ1) is 27.3. The second-order valence-corrected chi connectivity index (χ2v) is 12.9. The number of hydrogen-bond donors (Lipinski definition) is 1. The molecule has 1 aliphatic heterocycles. The van der Waals surface area contributed by atoms with Crippen molar-refractivity contribution < 1.29 is 29.6 Å². The second-order valence-electron chi connectivity index (χ2n) is 12.5. The molecule has 2 aromatic heterocycles. The molecule has 0 radical (unpaired) electrons. The van der Waals surface area contributed by atoms with E-state index in [1.807, 2.05) is 65.9 Å². The number of pyridine rings is 1. The van der Waals surface area contributed by atoms with Crippen molar-refractivity contribution in [3.8, 4) is 46.0 Å². The SMILES string of the molecule is C#CC.C1CNC1.C=Cc1c(-c2cc3c(c(C)n2)C(C)CC3)cccc1-c1cccc(-c2cnc(CC)c(CC)n2)c1Cl.C=[C-]CC[CH-]CC.CC.CC.CC.[Na+]. The zero-order chi connectivity index (χ0) is 42.5. The number of allylic oxidation sites excluding steroid dienone is 1. The van der Waals surface area contributed by atoms with E-state index in [-0.39, 0.29) is 29.6 Å². The molecule has 1 atom stereocenters. The molecular weight excluding hydrogens is 727 g/mol. The number of unbranched alkanes of at least 4 members (excludes halogenated alkanes) is 3. The van der Waals surface area contributed by atoms with Gasteiger partial charge in [-0.15, -0.1) is 12.3 Å². The van der Waals surface area contributed by atoms with Crippen LogP contribution in [0, 0.1) is 31.8 Å². The number of aryl methyl sites for hydroxylation is 4. The number of hydrogen-bond acceptors (Lipinski definition) is 4. The summed E-state index contributed by atoms with van der Waals surface area (Å²) in [5.74, 6) is 2.83. The molecule has 4 nitrogen and oxygen atoms in total. The van der Waals surface area contributed by atoms with Gasteiger partial charge in [-0.1, -0.05) is 130 Å². The van der Waals surface area contributed by atoms with E-state index in [1.54, 1.807) is 6.92 Å². The van der Waals surface area contributed by atoms with Crippen molar-refractivity contribution in [3.63, 3.8) is 0 Å². The third-order valence-electron chi connectivity index (χ3n) is 8.95. The third kappa shape index (κ3) is 17.4. The van der Waals surface area contributed by atoms with Crippen LogP contribution < -0.4 is 34.9 Å². The van der Waals surface area contributed by atoms with Gasteiger partial charge in [0.15, 0.2) is 0 Å². The van der Waals surface area contributed by atoms with Gasteiger partial charge in [-0.2, -0.15) is 6.42 Å². The average Bonchev–Trinajstić information content (AvgIpc) is 3.60. The molecule has 3 heterocycles. The Labute approximate surface area is 377 Å². The number of halogens is 1. The van der Waals surface area contributed by atoms with E-state index in [0.717, 1.165) is 88.4 Å². The summed E-state index contributed by atoms with van der Waals surface area (Å²) in [4.78, 5) is 14.6. The summed E-state index contributed by atoms with van der Waals surface area (Å²) in [6, 6.07) is 14.7. The van der Waals surface area contributed by atoms with E-state index < -0.39 is 0 Å². The van der Waals surface area contributed by atoms with Crippen molar-refractivity contribution in [2.75, 3.05) is 13.1 Å². The average molecular weight is 801 g/mol. The minimum atomic E-state index is 0. The van der Waals surface area contributed by atoms with Gasteiger partial charge in [0.2, 0.25) is 0 Å². The van der Waals surface area contributed by atoms with E-state index in [0.29, 0.717) is 10.9 Å². The van der Waals surface area contributed by atoms with E-state index in [1.165, 1.54) is 43.5 Å². The van der Waals surface area contributed by atoms with E-state index >= 15 is 0 Å². The fourth-order valence-electron chi connectivity index (χ4n) is 6.21. The normalized spacial score (nSPS) is 12.5. The van der Waals surface area contributed by atoms with Crippen LogP contribution in [0.3, 0.4) is 0 Å². The van der Waals surface area contributed by atoms with Gasteiger partial charge in [0.25, 0.3) is 0 Å². The zero-order valence-corrected chi connectivity index (χ0v) is 40.9. The fraction of sp³-hybridized carbons (Fsp3) is 0.451. The topological polar surface area (TPSA) is 50.7 Å². The Balaban J connectivity index is 0. The van der Waals surface area contributed by atoms with Gasteiger partial charge in [-0.05, 0) is 93.3 Å². The van der Waals surface area contributed by atoms with E-state index in [4.69, 9.17) is 21.6 Å². The molecule has 6 heteroatoms. The molecule has 1 N–H and O–H groups in total. The van der Waals surface area contributed by atoms with Crippen LogP contribution in [-0.4, -0.2) is 28.0 Å². The monoisotopic (exact) mass is 800 g/mol. The molecule has 0 amide bonds. The fourth-order valence-corrected chi connectivity index (χ4v) is 6.53. The molecule has 0 spiro atoms. The largest absolute Gasteiger partial charge is 1.00 e. The number of benzene rings is 2. The first-order valence-electron chi connectivity index (χ1n) is 21.1. The molecule has 0 bridgehead atoms. The maximum absolute atomic E-state index is 7.07. The Hall–Kier alpha value is -3.04. The van der Waals surface area contributed by atoms with Gasteiger partial charge < -0.3 is 17.8 Å². The van der Waals surface area contributed by atoms with Crippen LogP contribution in [0.5, 0.6) is 0 Å².